The normalized spacial score (nSPS) is 10.2. The first-order chi connectivity index (χ1) is 13.6. The van der Waals surface area contributed by atoms with Crippen molar-refractivity contribution in [2.45, 2.75) is 0 Å². The molecule has 142 valence electrons. The molecular weight excluding hydrogens is 363 g/mol. The fourth-order valence-corrected chi connectivity index (χ4v) is 2.48. The third-order valence-electron chi connectivity index (χ3n) is 3.87. The second-order valence-corrected chi connectivity index (χ2v) is 5.77. The van der Waals surface area contributed by atoms with Crippen LogP contribution >= 0.6 is 0 Å². The highest BCUT2D eigenvalue weighted by Crippen LogP contribution is 2.25. The molecule has 0 aliphatic heterocycles. The molecule has 0 N–H and O–H groups in total. The minimum Gasteiger partial charge on any atom is -0.493 e. The lowest BCUT2D eigenvalue weighted by Gasteiger charge is -2.10. The molecule has 0 fully saturated rings. The Morgan fingerprint density at radius 1 is 0.821 bits per heavy atom. The van der Waals surface area contributed by atoms with E-state index in [1.807, 2.05) is 0 Å². The summed E-state index contributed by atoms with van der Waals surface area (Å²) in [5.74, 6) is -0.0273. The highest BCUT2D eigenvalue weighted by atomic mass is 19.1. The standard InChI is InChI=1S/C22H17FO5/c1-26-19-4-2-3-5-20(19)27-14-21(24)28-18-12-8-16(9-13-18)22(25)15-6-10-17(23)11-7-15/h2-13H,14H2,1H3. The molecule has 0 aromatic heterocycles. The zero-order valence-electron chi connectivity index (χ0n) is 15.1. The quantitative estimate of drug-likeness (QED) is 0.352. The van der Waals surface area contributed by atoms with Gasteiger partial charge in [0.15, 0.2) is 23.9 Å². The van der Waals surface area contributed by atoms with Crippen molar-refractivity contribution in [1.29, 1.82) is 0 Å². The van der Waals surface area contributed by atoms with Crippen LogP contribution in [0.25, 0.3) is 0 Å². The first-order valence-electron chi connectivity index (χ1n) is 8.43. The summed E-state index contributed by atoms with van der Waals surface area (Å²) in [7, 11) is 1.51. The van der Waals surface area contributed by atoms with Crippen molar-refractivity contribution in [2.24, 2.45) is 0 Å². The maximum Gasteiger partial charge on any atom is 0.349 e. The lowest BCUT2D eigenvalue weighted by atomic mass is 10.0. The highest BCUT2D eigenvalue weighted by molar-refractivity contribution is 6.09. The summed E-state index contributed by atoms with van der Waals surface area (Å²) in [6, 6.07) is 18.3. The fraction of sp³-hybridized carbons (Fsp3) is 0.0909. The summed E-state index contributed by atoms with van der Waals surface area (Å²) in [6.07, 6.45) is 0. The number of carbonyl (C=O) groups excluding carboxylic acids is 2. The van der Waals surface area contributed by atoms with Gasteiger partial charge in [-0.2, -0.15) is 0 Å². The molecule has 0 bridgehead atoms. The maximum atomic E-state index is 13.0. The average Bonchev–Trinajstić information content (AvgIpc) is 2.73. The molecule has 0 heterocycles. The minimum atomic E-state index is -0.594. The number of halogens is 1. The van der Waals surface area contributed by atoms with Crippen molar-refractivity contribution in [3.05, 3.63) is 89.7 Å². The van der Waals surface area contributed by atoms with Gasteiger partial charge in [0.25, 0.3) is 0 Å². The van der Waals surface area contributed by atoms with Crippen LogP contribution in [0.4, 0.5) is 4.39 Å². The summed E-state index contributed by atoms with van der Waals surface area (Å²) >= 11 is 0. The van der Waals surface area contributed by atoms with E-state index in [1.54, 1.807) is 24.3 Å². The Labute approximate surface area is 161 Å². The highest BCUT2D eigenvalue weighted by Gasteiger charge is 2.12. The number of esters is 1. The molecule has 0 spiro atoms. The molecule has 0 radical (unpaired) electrons. The first-order valence-corrected chi connectivity index (χ1v) is 8.43. The lowest BCUT2D eigenvalue weighted by molar-refractivity contribution is -0.136. The van der Waals surface area contributed by atoms with Crippen molar-refractivity contribution in [3.63, 3.8) is 0 Å². The summed E-state index contributed by atoms with van der Waals surface area (Å²) in [4.78, 5) is 24.3. The summed E-state index contributed by atoms with van der Waals surface area (Å²) in [6.45, 7) is -0.295. The number of benzene rings is 3. The van der Waals surface area contributed by atoms with Crippen LogP contribution in [0.2, 0.25) is 0 Å². The van der Waals surface area contributed by atoms with Gasteiger partial charge in [0.1, 0.15) is 11.6 Å². The van der Waals surface area contributed by atoms with Crippen LogP contribution in [0.15, 0.2) is 72.8 Å². The molecule has 0 saturated heterocycles. The zero-order chi connectivity index (χ0) is 19.9. The topological polar surface area (TPSA) is 61.8 Å². The molecule has 3 aromatic carbocycles. The van der Waals surface area contributed by atoms with E-state index in [2.05, 4.69) is 0 Å². The number of methoxy groups -OCH3 is 1. The van der Waals surface area contributed by atoms with Gasteiger partial charge < -0.3 is 14.2 Å². The van der Waals surface area contributed by atoms with E-state index < -0.39 is 11.8 Å². The van der Waals surface area contributed by atoms with Crippen molar-refractivity contribution in [2.75, 3.05) is 13.7 Å². The van der Waals surface area contributed by atoms with E-state index in [-0.39, 0.29) is 18.1 Å². The maximum absolute atomic E-state index is 13.0. The number of hydrogen-bond acceptors (Lipinski definition) is 5. The van der Waals surface area contributed by atoms with Gasteiger partial charge in [-0.25, -0.2) is 9.18 Å². The van der Waals surface area contributed by atoms with Crippen LogP contribution in [0.1, 0.15) is 15.9 Å². The van der Waals surface area contributed by atoms with Crippen molar-refractivity contribution >= 4 is 11.8 Å². The molecule has 6 heteroatoms. The van der Waals surface area contributed by atoms with E-state index in [9.17, 15) is 14.0 Å². The molecule has 0 aliphatic rings. The number of rotatable bonds is 7. The van der Waals surface area contributed by atoms with E-state index in [4.69, 9.17) is 14.2 Å². The molecule has 0 atom stereocenters. The number of hydrogen-bond donors (Lipinski definition) is 0. The third kappa shape index (κ3) is 4.73. The molecule has 3 rings (SSSR count). The Morgan fingerprint density at radius 3 is 2.00 bits per heavy atom. The van der Waals surface area contributed by atoms with Gasteiger partial charge >= 0.3 is 5.97 Å². The summed E-state index contributed by atoms with van der Waals surface area (Å²) in [5.41, 5.74) is 0.771. The fourth-order valence-electron chi connectivity index (χ4n) is 2.48. The van der Waals surface area contributed by atoms with Gasteiger partial charge in [0.05, 0.1) is 7.11 Å². The molecule has 3 aromatic rings. The molecule has 28 heavy (non-hydrogen) atoms. The number of ketones is 1. The Kier molecular flexibility index (Phi) is 6.01. The van der Waals surface area contributed by atoms with Crippen LogP contribution in [0.3, 0.4) is 0 Å². The Balaban J connectivity index is 1.58. The SMILES string of the molecule is COc1ccccc1OCC(=O)Oc1ccc(C(=O)c2ccc(F)cc2)cc1. The predicted molar refractivity (Wildman–Crippen MR) is 100 cm³/mol. The van der Waals surface area contributed by atoms with Crippen LogP contribution < -0.4 is 14.2 Å². The lowest BCUT2D eigenvalue weighted by Crippen LogP contribution is -2.18. The Hall–Kier alpha value is -3.67. The Morgan fingerprint density at radius 2 is 1.39 bits per heavy atom. The minimum absolute atomic E-state index is 0.252. The van der Waals surface area contributed by atoms with Crippen molar-refractivity contribution < 1.29 is 28.2 Å². The molecule has 0 aliphatic carbocycles. The summed E-state index contributed by atoms with van der Waals surface area (Å²) < 4.78 is 28.7. The van der Waals surface area contributed by atoms with Crippen LogP contribution in [0.5, 0.6) is 17.2 Å². The van der Waals surface area contributed by atoms with E-state index in [0.717, 1.165) is 0 Å². The molecule has 0 unspecified atom stereocenters. The number of ether oxygens (including phenoxy) is 3. The zero-order valence-corrected chi connectivity index (χ0v) is 15.1. The predicted octanol–water partition coefficient (Wildman–Crippen LogP) is 4.05. The monoisotopic (exact) mass is 380 g/mol. The van der Waals surface area contributed by atoms with Gasteiger partial charge in [-0.1, -0.05) is 12.1 Å². The van der Waals surface area contributed by atoms with Crippen LogP contribution in [-0.2, 0) is 4.79 Å². The Bertz CT molecular complexity index is 965. The smallest absolute Gasteiger partial charge is 0.349 e. The van der Waals surface area contributed by atoms with Gasteiger partial charge in [0.2, 0.25) is 0 Å². The largest absolute Gasteiger partial charge is 0.493 e. The number of para-hydroxylation sites is 2. The van der Waals surface area contributed by atoms with Crippen LogP contribution in [0, 0.1) is 5.82 Å². The second kappa shape index (κ2) is 8.81. The van der Waals surface area contributed by atoms with E-state index >= 15 is 0 Å². The van der Waals surface area contributed by atoms with Gasteiger partial charge in [-0.15, -0.1) is 0 Å². The van der Waals surface area contributed by atoms with Crippen molar-refractivity contribution in [1.82, 2.24) is 0 Å². The van der Waals surface area contributed by atoms with Crippen LogP contribution in [-0.4, -0.2) is 25.5 Å². The number of carbonyl (C=O) groups is 2. The second-order valence-electron chi connectivity index (χ2n) is 5.77. The first kappa shape index (κ1) is 19.1. The van der Waals surface area contributed by atoms with Gasteiger partial charge in [-0.05, 0) is 60.7 Å². The molecule has 5 nitrogen and oxygen atoms in total. The molecule has 0 amide bonds. The summed E-state index contributed by atoms with van der Waals surface area (Å²) in [5, 5.41) is 0. The average molecular weight is 380 g/mol. The molecule has 0 saturated carbocycles. The van der Waals surface area contributed by atoms with Gasteiger partial charge in [-0.3, -0.25) is 4.79 Å². The molecular formula is C22H17FO5. The van der Waals surface area contributed by atoms with E-state index in [1.165, 1.54) is 55.6 Å². The van der Waals surface area contributed by atoms with Crippen molar-refractivity contribution in [3.8, 4) is 17.2 Å². The van der Waals surface area contributed by atoms with E-state index in [0.29, 0.717) is 22.6 Å². The third-order valence-corrected chi connectivity index (χ3v) is 3.87. The van der Waals surface area contributed by atoms with Gasteiger partial charge in [0, 0.05) is 11.1 Å².